The van der Waals surface area contributed by atoms with Crippen molar-refractivity contribution in [3.63, 3.8) is 0 Å². The maximum Gasteiger partial charge on any atom is 0.302 e. The Hall–Kier alpha value is -2.04. The zero-order chi connectivity index (χ0) is 21.7. The summed E-state index contributed by atoms with van der Waals surface area (Å²) >= 11 is 0. The summed E-state index contributed by atoms with van der Waals surface area (Å²) in [7, 11) is 0. The number of carbonyl (C=O) groups excluding carboxylic acids is 2. The zero-order valence-corrected chi connectivity index (χ0v) is 17.5. The van der Waals surface area contributed by atoms with Gasteiger partial charge in [0, 0.05) is 12.5 Å². The van der Waals surface area contributed by atoms with Crippen LogP contribution >= 0.6 is 0 Å². The molecule has 0 fully saturated rings. The van der Waals surface area contributed by atoms with Gasteiger partial charge in [0.1, 0.15) is 25.2 Å². The number of hydrogen-bond donors (Lipinski definition) is 0. The molecule has 9 heteroatoms. The van der Waals surface area contributed by atoms with Crippen LogP contribution in [0.3, 0.4) is 0 Å². The Bertz CT molecular complexity index is 548. The van der Waals surface area contributed by atoms with Crippen molar-refractivity contribution in [1.82, 2.24) is 0 Å². The zero-order valence-electron chi connectivity index (χ0n) is 17.5. The summed E-state index contributed by atoms with van der Waals surface area (Å²) in [6.45, 7) is 6.69. The van der Waals surface area contributed by atoms with Crippen molar-refractivity contribution in [2.24, 2.45) is 0 Å². The highest BCUT2D eigenvalue weighted by Crippen LogP contribution is 2.10. The van der Waals surface area contributed by atoms with Gasteiger partial charge >= 0.3 is 5.97 Å². The first-order valence-electron chi connectivity index (χ1n) is 9.92. The molecule has 1 aromatic rings. The smallest absolute Gasteiger partial charge is 0.302 e. The van der Waals surface area contributed by atoms with E-state index in [-0.39, 0.29) is 12.6 Å². The number of aldehydes is 1. The number of carbonyl (C=O) groups is 2. The van der Waals surface area contributed by atoms with Gasteiger partial charge in [-0.1, -0.05) is 0 Å². The van der Waals surface area contributed by atoms with Crippen molar-refractivity contribution in [2.45, 2.75) is 6.92 Å². The molecular weight excluding hydrogens is 396 g/mol. The minimum Gasteiger partial charge on any atom is -0.491 e. The molecule has 0 unspecified atom stereocenters. The maximum absolute atomic E-state index is 10.6. The average molecular weight is 428 g/mol. The standard InChI is InChI=1S/C21H32O9/c1-19(23)29-16-14-27-12-10-25-8-6-24-7-9-26-11-13-28-15-17-30-21-4-2-20(18-22)3-5-21/h2-5,18H,6-17H2,1H3. The van der Waals surface area contributed by atoms with Crippen LogP contribution in [-0.2, 0) is 33.2 Å². The van der Waals surface area contributed by atoms with Crippen LogP contribution < -0.4 is 4.74 Å². The third-order valence-corrected chi connectivity index (χ3v) is 3.53. The van der Waals surface area contributed by atoms with Gasteiger partial charge in [-0.2, -0.15) is 0 Å². The monoisotopic (exact) mass is 428 g/mol. The van der Waals surface area contributed by atoms with Crippen molar-refractivity contribution in [1.29, 1.82) is 0 Å². The normalized spacial score (nSPS) is 10.7. The van der Waals surface area contributed by atoms with Crippen LogP contribution in [0.4, 0.5) is 0 Å². The number of ether oxygens (including phenoxy) is 7. The topological polar surface area (TPSA) is 98.8 Å². The Morgan fingerprint density at radius 2 is 1.07 bits per heavy atom. The number of hydrogen-bond acceptors (Lipinski definition) is 9. The highest BCUT2D eigenvalue weighted by atomic mass is 16.6. The maximum atomic E-state index is 10.6. The summed E-state index contributed by atoms with van der Waals surface area (Å²) in [5, 5.41) is 0. The molecule has 0 aromatic heterocycles. The highest BCUT2D eigenvalue weighted by Gasteiger charge is 1.97. The molecule has 0 saturated heterocycles. The number of rotatable bonds is 20. The average Bonchev–Trinajstić information content (AvgIpc) is 2.75. The summed E-state index contributed by atoms with van der Waals surface area (Å²) in [4.78, 5) is 21.1. The molecule has 0 bridgehead atoms. The van der Waals surface area contributed by atoms with Crippen molar-refractivity contribution in [3.8, 4) is 5.75 Å². The molecule has 0 aliphatic heterocycles. The fourth-order valence-electron chi connectivity index (χ4n) is 2.09. The molecule has 0 aliphatic rings. The molecule has 0 N–H and O–H groups in total. The van der Waals surface area contributed by atoms with Gasteiger partial charge in [-0.3, -0.25) is 9.59 Å². The second-order valence-electron chi connectivity index (χ2n) is 5.94. The quantitative estimate of drug-likeness (QED) is 0.174. The highest BCUT2D eigenvalue weighted by molar-refractivity contribution is 5.74. The first-order chi connectivity index (χ1) is 14.7. The van der Waals surface area contributed by atoms with E-state index in [1.54, 1.807) is 24.3 Å². The van der Waals surface area contributed by atoms with Crippen molar-refractivity contribution in [2.75, 3.05) is 79.3 Å². The molecule has 0 radical (unpaired) electrons. The second kappa shape index (κ2) is 19.0. The lowest BCUT2D eigenvalue weighted by molar-refractivity contribution is -0.142. The van der Waals surface area contributed by atoms with E-state index < -0.39 is 0 Å². The van der Waals surface area contributed by atoms with E-state index in [1.165, 1.54) is 6.92 Å². The van der Waals surface area contributed by atoms with Crippen LogP contribution in [0.2, 0.25) is 0 Å². The Morgan fingerprint density at radius 1 is 0.667 bits per heavy atom. The van der Waals surface area contributed by atoms with Crippen LogP contribution in [-0.4, -0.2) is 91.5 Å². The Balaban J connectivity index is 1.73. The van der Waals surface area contributed by atoms with Gasteiger partial charge in [0.15, 0.2) is 0 Å². The molecule has 1 aromatic carbocycles. The molecule has 0 spiro atoms. The van der Waals surface area contributed by atoms with Crippen LogP contribution in [0.15, 0.2) is 24.3 Å². The van der Waals surface area contributed by atoms with E-state index in [2.05, 4.69) is 0 Å². The predicted octanol–water partition coefficient (Wildman–Crippen LogP) is 1.52. The first kappa shape index (κ1) is 26.0. The van der Waals surface area contributed by atoms with Gasteiger partial charge in [0.05, 0.1) is 66.1 Å². The van der Waals surface area contributed by atoms with Crippen molar-refractivity contribution in [3.05, 3.63) is 29.8 Å². The molecule has 0 saturated carbocycles. The fourth-order valence-corrected chi connectivity index (χ4v) is 2.09. The summed E-state index contributed by atoms with van der Waals surface area (Å²) in [6.07, 6.45) is 0.793. The van der Waals surface area contributed by atoms with E-state index in [4.69, 9.17) is 33.2 Å². The van der Waals surface area contributed by atoms with Crippen LogP contribution in [0.25, 0.3) is 0 Å². The van der Waals surface area contributed by atoms with E-state index in [1.807, 2.05) is 0 Å². The van der Waals surface area contributed by atoms with Crippen molar-refractivity contribution >= 4 is 12.3 Å². The van der Waals surface area contributed by atoms with Crippen LogP contribution in [0, 0.1) is 0 Å². The van der Waals surface area contributed by atoms with Crippen molar-refractivity contribution < 1.29 is 42.7 Å². The van der Waals surface area contributed by atoms with Gasteiger partial charge in [0.2, 0.25) is 0 Å². The first-order valence-corrected chi connectivity index (χ1v) is 9.92. The summed E-state index contributed by atoms with van der Waals surface area (Å²) in [5.41, 5.74) is 0.617. The molecule has 30 heavy (non-hydrogen) atoms. The minimum atomic E-state index is -0.312. The van der Waals surface area contributed by atoms with Gasteiger partial charge in [-0.15, -0.1) is 0 Å². The molecule has 1 rings (SSSR count). The lowest BCUT2D eigenvalue weighted by atomic mass is 10.2. The third kappa shape index (κ3) is 15.8. The molecular formula is C21H32O9. The lowest BCUT2D eigenvalue weighted by Crippen LogP contribution is -2.15. The molecule has 0 aliphatic carbocycles. The molecule has 0 heterocycles. The second-order valence-corrected chi connectivity index (χ2v) is 5.94. The van der Waals surface area contributed by atoms with E-state index in [0.29, 0.717) is 84.0 Å². The molecule has 170 valence electrons. The van der Waals surface area contributed by atoms with Crippen LogP contribution in [0.1, 0.15) is 17.3 Å². The lowest BCUT2D eigenvalue weighted by Gasteiger charge is -2.09. The molecule has 9 nitrogen and oxygen atoms in total. The predicted molar refractivity (Wildman–Crippen MR) is 108 cm³/mol. The van der Waals surface area contributed by atoms with E-state index >= 15 is 0 Å². The Morgan fingerprint density at radius 3 is 1.47 bits per heavy atom. The fraction of sp³-hybridized carbons (Fsp3) is 0.619. The molecule has 0 amide bonds. The van der Waals surface area contributed by atoms with Gasteiger partial charge < -0.3 is 33.2 Å². The summed E-state index contributed by atoms with van der Waals surface area (Å²) in [5.74, 6) is 0.391. The molecule has 0 atom stereocenters. The SMILES string of the molecule is CC(=O)OCCOCCOCCOCCOCCOCCOc1ccc(C=O)cc1. The van der Waals surface area contributed by atoms with Crippen LogP contribution in [0.5, 0.6) is 5.75 Å². The Labute approximate surface area is 177 Å². The minimum absolute atomic E-state index is 0.259. The largest absolute Gasteiger partial charge is 0.491 e. The van der Waals surface area contributed by atoms with Gasteiger partial charge in [-0.05, 0) is 24.3 Å². The van der Waals surface area contributed by atoms with E-state index in [0.717, 1.165) is 6.29 Å². The van der Waals surface area contributed by atoms with E-state index in [9.17, 15) is 9.59 Å². The number of benzene rings is 1. The van der Waals surface area contributed by atoms with Gasteiger partial charge in [0.25, 0.3) is 0 Å². The van der Waals surface area contributed by atoms with Gasteiger partial charge in [-0.25, -0.2) is 0 Å². The third-order valence-electron chi connectivity index (χ3n) is 3.53. The summed E-state index contributed by atoms with van der Waals surface area (Å²) in [6, 6.07) is 6.91. The number of esters is 1. The summed E-state index contributed by atoms with van der Waals surface area (Å²) < 4.78 is 37.0. The Kier molecular flexibility index (Phi) is 16.4.